The first-order valence-electron chi connectivity index (χ1n) is 11.9. The summed E-state index contributed by atoms with van der Waals surface area (Å²) in [6.07, 6.45) is 1.70. The van der Waals surface area contributed by atoms with Crippen LogP contribution < -0.4 is 0 Å². The summed E-state index contributed by atoms with van der Waals surface area (Å²) in [5, 5.41) is 0. The maximum atomic E-state index is 13.6. The number of nitrogens with zero attached hydrogens (tertiary/aromatic N) is 2. The highest BCUT2D eigenvalue weighted by atomic mass is 19.4. The Bertz CT molecular complexity index is 1440. The van der Waals surface area contributed by atoms with Crippen molar-refractivity contribution in [2.24, 2.45) is 0 Å². The van der Waals surface area contributed by atoms with E-state index in [1.54, 1.807) is 12.1 Å². The number of aryl methyl sites for hydroxylation is 1. The Morgan fingerprint density at radius 1 is 0.838 bits per heavy atom. The van der Waals surface area contributed by atoms with Crippen molar-refractivity contribution in [2.75, 3.05) is 0 Å². The highest BCUT2D eigenvalue weighted by Gasteiger charge is 2.30. The Labute approximate surface area is 213 Å². The lowest BCUT2D eigenvalue weighted by Crippen LogP contribution is -2.28. The SMILES string of the molecule is Cc1cc(-c2ccc(C(F)(F)F)cc2)cc(C2=CC=CC(c3ccccc3)N2Cc2ccc(F)cc2)n1. The Hall–Kier alpha value is -4.19. The van der Waals surface area contributed by atoms with Crippen LogP contribution in [0.4, 0.5) is 17.6 Å². The van der Waals surface area contributed by atoms with Crippen molar-refractivity contribution in [1.29, 1.82) is 0 Å². The first-order chi connectivity index (χ1) is 17.8. The van der Waals surface area contributed by atoms with Gasteiger partial charge in [0.25, 0.3) is 0 Å². The molecule has 0 spiro atoms. The summed E-state index contributed by atoms with van der Waals surface area (Å²) < 4.78 is 52.8. The molecule has 1 unspecified atom stereocenters. The molecule has 2 heterocycles. The van der Waals surface area contributed by atoms with Gasteiger partial charge in [-0.1, -0.05) is 66.7 Å². The molecule has 0 fully saturated rings. The van der Waals surface area contributed by atoms with Crippen LogP contribution in [0.2, 0.25) is 0 Å². The molecular formula is C31H24F4N2. The number of rotatable bonds is 5. The van der Waals surface area contributed by atoms with E-state index < -0.39 is 11.7 Å². The van der Waals surface area contributed by atoms with E-state index in [9.17, 15) is 17.6 Å². The van der Waals surface area contributed by atoms with Gasteiger partial charge in [-0.2, -0.15) is 13.2 Å². The lowest BCUT2D eigenvalue weighted by molar-refractivity contribution is -0.137. The van der Waals surface area contributed by atoms with Crippen molar-refractivity contribution in [2.45, 2.75) is 25.7 Å². The molecular weight excluding hydrogens is 476 g/mol. The molecule has 0 amide bonds. The Morgan fingerprint density at radius 2 is 1.54 bits per heavy atom. The van der Waals surface area contributed by atoms with Crippen molar-refractivity contribution in [3.05, 3.63) is 143 Å². The number of benzene rings is 3. The van der Waals surface area contributed by atoms with Gasteiger partial charge in [0.1, 0.15) is 5.82 Å². The maximum absolute atomic E-state index is 13.6. The second-order valence-electron chi connectivity index (χ2n) is 9.00. The third-order valence-electron chi connectivity index (χ3n) is 6.36. The Balaban J connectivity index is 1.55. The molecule has 0 N–H and O–H groups in total. The van der Waals surface area contributed by atoms with E-state index in [1.165, 1.54) is 24.3 Å². The van der Waals surface area contributed by atoms with Gasteiger partial charge in [-0.25, -0.2) is 4.39 Å². The van der Waals surface area contributed by atoms with E-state index in [4.69, 9.17) is 4.98 Å². The lowest BCUT2D eigenvalue weighted by Gasteiger charge is -2.36. The molecule has 4 aromatic rings. The molecule has 5 rings (SSSR count). The first kappa shape index (κ1) is 24.5. The van der Waals surface area contributed by atoms with E-state index in [0.717, 1.165) is 40.2 Å². The summed E-state index contributed by atoms with van der Waals surface area (Å²) in [5.41, 5.74) is 5.15. The second kappa shape index (κ2) is 10.1. The van der Waals surface area contributed by atoms with E-state index in [0.29, 0.717) is 17.8 Å². The zero-order valence-corrected chi connectivity index (χ0v) is 20.1. The molecule has 6 heteroatoms. The largest absolute Gasteiger partial charge is 0.416 e. The molecule has 1 atom stereocenters. The van der Waals surface area contributed by atoms with Gasteiger partial charge in [0.15, 0.2) is 0 Å². The number of halogens is 4. The van der Waals surface area contributed by atoms with Crippen molar-refractivity contribution >= 4 is 5.70 Å². The normalized spacial score (nSPS) is 15.5. The van der Waals surface area contributed by atoms with E-state index >= 15 is 0 Å². The van der Waals surface area contributed by atoms with Crippen LogP contribution in [0.15, 0.2) is 109 Å². The van der Waals surface area contributed by atoms with Crippen LogP contribution in [0.1, 0.15) is 34.1 Å². The second-order valence-corrected chi connectivity index (χ2v) is 9.00. The van der Waals surface area contributed by atoms with Crippen LogP contribution >= 0.6 is 0 Å². The maximum Gasteiger partial charge on any atom is 0.416 e. The van der Waals surface area contributed by atoms with E-state index in [2.05, 4.69) is 23.1 Å². The smallest absolute Gasteiger partial charge is 0.355 e. The molecule has 3 aromatic carbocycles. The van der Waals surface area contributed by atoms with Gasteiger partial charge in [-0.3, -0.25) is 4.98 Å². The van der Waals surface area contributed by atoms with Gasteiger partial charge in [-0.05, 0) is 71.7 Å². The molecule has 0 saturated heterocycles. The van der Waals surface area contributed by atoms with E-state index in [-0.39, 0.29) is 11.9 Å². The number of hydrogen-bond donors (Lipinski definition) is 0. The average molecular weight is 501 g/mol. The quantitative estimate of drug-likeness (QED) is 0.256. The highest BCUT2D eigenvalue weighted by Crippen LogP contribution is 2.37. The molecule has 186 valence electrons. The minimum Gasteiger partial charge on any atom is -0.355 e. The Kier molecular flexibility index (Phi) is 6.66. The van der Waals surface area contributed by atoms with Crippen LogP contribution in [-0.4, -0.2) is 9.88 Å². The molecule has 0 radical (unpaired) electrons. The van der Waals surface area contributed by atoms with Gasteiger partial charge in [0.05, 0.1) is 23.0 Å². The van der Waals surface area contributed by atoms with Gasteiger partial charge >= 0.3 is 6.18 Å². The summed E-state index contributed by atoms with van der Waals surface area (Å²) in [7, 11) is 0. The van der Waals surface area contributed by atoms with Gasteiger partial charge < -0.3 is 4.90 Å². The molecule has 0 bridgehead atoms. The lowest BCUT2D eigenvalue weighted by atomic mass is 9.97. The van der Waals surface area contributed by atoms with Crippen LogP contribution in [-0.2, 0) is 12.7 Å². The van der Waals surface area contributed by atoms with Gasteiger partial charge in [0.2, 0.25) is 0 Å². The van der Waals surface area contributed by atoms with Crippen molar-refractivity contribution < 1.29 is 17.6 Å². The number of aromatic nitrogens is 1. The Morgan fingerprint density at radius 3 is 2.22 bits per heavy atom. The summed E-state index contributed by atoms with van der Waals surface area (Å²) >= 11 is 0. The summed E-state index contributed by atoms with van der Waals surface area (Å²) in [6, 6.07) is 25.4. The summed E-state index contributed by atoms with van der Waals surface area (Å²) in [5.74, 6) is -0.292. The topological polar surface area (TPSA) is 16.1 Å². The minimum atomic E-state index is -4.38. The molecule has 1 aliphatic heterocycles. The van der Waals surface area contributed by atoms with Crippen molar-refractivity contribution in [3.8, 4) is 11.1 Å². The third kappa shape index (κ3) is 5.48. The standard InChI is InChI=1S/C31H24F4N2/c1-21-18-25(23-12-14-26(15-13-23)31(33,34)35)19-28(36-21)30-9-5-8-29(24-6-3-2-4-7-24)37(30)20-22-10-16-27(32)17-11-22/h2-19,29H,20H2,1H3. The predicted octanol–water partition coefficient (Wildman–Crippen LogP) is 8.37. The monoisotopic (exact) mass is 500 g/mol. The van der Waals surface area contributed by atoms with Crippen molar-refractivity contribution in [3.63, 3.8) is 0 Å². The zero-order chi connectivity index (χ0) is 26.0. The molecule has 1 aliphatic rings. The minimum absolute atomic E-state index is 0.0805. The van der Waals surface area contributed by atoms with Crippen LogP contribution in [0.5, 0.6) is 0 Å². The fraction of sp³-hybridized carbons (Fsp3) is 0.129. The average Bonchev–Trinajstić information content (AvgIpc) is 2.90. The van der Waals surface area contributed by atoms with Crippen LogP contribution in [0, 0.1) is 12.7 Å². The van der Waals surface area contributed by atoms with Crippen LogP contribution in [0.25, 0.3) is 16.8 Å². The van der Waals surface area contributed by atoms with Gasteiger partial charge in [0, 0.05) is 12.2 Å². The number of alkyl halides is 3. The number of allylic oxidation sites excluding steroid dienone is 2. The molecule has 0 saturated carbocycles. The highest BCUT2D eigenvalue weighted by molar-refractivity contribution is 5.72. The number of pyridine rings is 1. The van der Waals surface area contributed by atoms with Crippen molar-refractivity contribution in [1.82, 2.24) is 9.88 Å². The third-order valence-corrected chi connectivity index (χ3v) is 6.36. The molecule has 0 aliphatic carbocycles. The summed E-state index contributed by atoms with van der Waals surface area (Å²) in [4.78, 5) is 7.00. The predicted molar refractivity (Wildman–Crippen MR) is 138 cm³/mol. The zero-order valence-electron chi connectivity index (χ0n) is 20.1. The summed E-state index contributed by atoms with van der Waals surface area (Å²) in [6.45, 7) is 2.39. The number of hydrogen-bond acceptors (Lipinski definition) is 2. The molecule has 1 aromatic heterocycles. The van der Waals surface area contributed by atoms with E-state index in [1.807, 2.05) is 49.4 Å². The van der Waals surface area contributed by atoms with Crippen LogP contribution in [0.3, 0.4) is 0 Å². The molecule has 2 nitrogen and oxygen atoms in total. The fourth-order valence-corrected chi connectivity index (χ4v) is 4.56. The van der Waals surface area contributed by atoms with Gasteiger partial charge in [-0.15, -0.1) is 0 Å². The molecule has 37 heavy (non-hydrogen) atoms. The first-order valence-corrected chi connectivity index (χ1v) is 11.9. The fourth-order valence-electron chi connectivity index (χ4n) is 4.56.